The fourth-order valence-electron chi connectivity index (χ4n) is 3.84. The number of benzene rings is 1. The normalized spacial score (nSPS) is 17.8. The van der Waals surface area contributed by atoms with Gasteiger partial charge in [-0.1, -0.05) is 25.1 Å². The molecule has 136 valence electrons. The first-order valence-corrected chi connectivity index (χ1v) is 9.17. The number of aromatic nitrogens is 2. The molecule has 1 aromatic heterocycles. The maximum Gasteiger partial charge on any atom is 0.276 e. The van der Waals surface area contributed by atoms with E-state index in [2.05, 4.69) is 11.8 Å². The number of nitrogens with zero attached hydrogens (tertiary/aromatic N) is 3. The highest BCUT2D eigenvalue weighted by Crippen LogP contribution is 2.34. The van der Waals surface area contributed by atoms with Crippen LogP contribution in [0.15, 0.2) is 35.1 Å². The molecule has 0 aliphatic carbocycles. The molecule has 0 spiro atoms. The van der Waals surface area contributed by atoms with Crippen LogP contribution in [0.5, 0.6) is 0 Å². The molecule has 0 unspecified atom stereocenters. The molecule has 1 aromatic carbocycles. The fourth-order valence-corrected chi connectivity index (χ4v) is 3.84. The van der Waals surface area contributed by atoms with Crippen molar-refractivity contribution >= 4 is 0 Å². The van der Waals surface area contributed by atoms with Gasteiger partial charge < -0.3 is 5.11 Å². The van der Waals surface area contributed by atoms with E-state index in [4.69, 9.17) is 0 Å². The Bertz CT molecular complexity index is 762. The molecule has 5 nitrogen and oxygen atoms in total. The highest BCUT2D eigenvalue weighted by Gasteiger charge is 2.32. The maximum atomic E-state index is 13.0. The molecule has 1 N–H and O–H groups in total. The summed E-state index contributed by atoms with van der Waals surface area (Å²) >= 11 is 0. The monoisotopic (exact) mass is 343 g/mol. The SMILES string of the molecule is CCC1(CO)CCN(Cc2c(C)n(C)n(-c3ccccc3)c2=O)CC1. The van der Waals surface area contributed by atoms with Crippen LogP contribution in [0, 0.1) is 12.3 Å². The third-order valence-corrected chi connectivity index (χ3v) is 6.06. The van der Waals surface area contributed by atoms with Crippen molar-refractivity contribution in [3.8, 4) is 5.69 Å². The summed E-state index contributed by atoms with van der Waals surface area (Å²) < 4.78 is 3.69. The zero-order chi connectivity index (χ0) is 18.0. The third kappa shape index (κ3) is 3.31. The molecule has 5 heteroatoms. The Morgan fingerprint density at radius 2 is 1.80 bits per heavy atom. The summed E-state index contributed by atoms with van der Waals surface area (Å²) in [6.45, 7) is 7.00. The molecular formula is C20H29N3O2. The van der Waals surface area contributed by atoms with E-state index >= 15 is 0 Å². The Balaban J connectivity index is 1.82. The van der Waals surface area contributed by atoms with E-state index in [-0.39, 0.29) is 17.6 Å². The molecular weight excluding hydrogens is 314 g/mol. The molecule has 1 saturated heterocycles. The lowest BCUT2D eigenvalue weighted by Crippen LogP contribution is -2.42. The molecule has 1 aliphatic heterocycles. The number of aliphatic hydroxyl groups is 1. The smallest absolute Gasteiger partial charge is 0.276 e. The average molecular weight is 343 g/mol. The van der Waals surface area contributed by atoms with Crippen molar-refractivity contribution < 1.29 is 5.11 Å². The summed E-state index contributed by atoms with van der Waals surface area (Å²) in [5.74, 6) is 0. The van der Waals surface area contributed by atoms with Gasteiger partial charge in [0.1, 0.15) is 0 Å². The van der Waals surface area contributed by atoms with Gasteiger partial charge in [0.2, 0.25) is 0 Å². The van der Waals surface area contributed by atoms with Crippen molar-refractivity contribution in [3.05, 3.63) is 51.9 Å². The first-order valence-electron chi connectivity index (χ1n) is 9.17. The number of likely N-dealkylation sites (tertiary alicyclic amines) is 1. The van der Waals surface area contributed by atoms with Crippen molar-refractivity contribution in [2.45, 2.75) is 39.7 Å². The van der Waals surface area contributed by atoms with Gasteiger partial charge in [0.05, 0.1) is 11.3 Å². The van der Waals surface area contributed by atoms with Crippen molar-refractivity contribution in [3.63, 3.8) is 0 Å². The molecule has 0 bridgehead atoms. The largest absolute Gasteiger partial charge is 0.396 e. The molecule has 0 atom stereocenters. The lowest BCUT2D eigenvalue weighted by Gasteiger charge is -2.40. The summed E-state index contributed by atoms with van der Waals surface area (Å²) in [5, 5.41) is 9.70. The van der Waals surface area contributed by atoms with Crippen LogP contribution in [0.2, 0.25) is 0 Å². The van der Waals surface area contributed by atoms with Gasteiger partial charge in [-0.15, -0.1) is 0 Å². The molecule has 2 heterocycles. The zero-order valence-corrected chi connectivity index (χ0v) is 15.5. The van der Waals surface area contributed by atoms with Crippen LogP contribution < -0.4 is 5.56 Å². The van der Waals surface area contributed by atoms with Crippen LogP contribution in [0.1, 0.15) is 37.4 Å². The second kappa shape index (κ2) is 7.18. The van der Waals surface area contributed by atoms with Gasteiger partial charge in [0, 0.05) is 25.9 Å². The highest BCUT2D eigenvalue weighted by atomic mass is 16.3. The summed E-state index contributed by atoms with van der Waals surface area (Å²) in [4.78, 5) is 15.3. The molecule has 1 aliphatic rings. The van der Waals surface area contributed by atoms with E-state index < -0.39 is 0 Å². The summed E-state index contributed by atoms with van der Waals surface area (Å²) in [6, 6.07) is 9.78. The second-order valence-corrected chi connectivity index (χ2v) is 7.33. The van der Waals surface area contributed by atoms with E-state index in [1.165, 1.54) is 0 Å². The summed E-state index contributed by atoms with van der Waals surface area (Å²) in [5.41, 5.74) is 2.93. The maximum absolute atomic E-state index is 13.0. The second-order valence-electron chi connectivity index (χ2n) is 7.33. The molecule has 2 aromatic rings. The topological polar surface area (TPSA) is 50.4 Å². The molecule has 25 heavy (non-hydrogen) atoms. The van der Waals surface area contributed by atoms with Crippen LogP contribution in [-0.2, 0) is 13.6 Å². The van der Waals surface area contributed by atoms with Crippen molar-refractivity contribution in [1.82, 2.24) is 14.3 Å². The Kier molecular flexibility index (Phi) is 5.16. The van der Waals surface area contributed by atoms with Crippen molar-refractivity contribution in [1.29, 1.82) is 0 Å². The average Bonchev–Trinajstić information content (AvgIpc) is 2.86. The quantitative estimate of drug-likeness (QED) is 0.907. The molecule has 0 radical (unpaired) electrons. The number of para-hydroxylation sites is 1. The Morgan fingerprint density at radius 3 is 2.36 bits per heavy atom. The van der Waals surface area contributed by atoms with E-state index in [0.29, 0.717) is 6.54 Å². The highest BCUT2D eigenvalue weighted by molar-refractivity contribution is 5.33. The van der Waals surface area contributed by atoms with Gasteiger partial charge in [-0.25, -0.2) is 4.68 Å². The molecule has 1 fully saturated rings. The van der Waals surface area contributed by atoms with Gasteiger partial charge in [0.25, 0.3) is 5.56 Å². The fraction of sp³-hybridized carbons (Fsp3) is 0.550. The minimum Gasteiger partial charge on any atom is -0.396 e. The van der Waals surface area contributed by atoms with Gasteiger partial charge >= 0.3 is 0 Å². The van der Waals surface area contributed by atoms with E-state index in [1.54, 1.807) is 4.68 Å². The number of rotatable bonds is 5. The Labute approximate surface area is 149 Å². The first-order chi connectivity index (χ1) is 12.0. The van der Waals surface area contributed by atoms with Crippen LogP contribution in [0.3, 0.4) is 0 Å². The van der Waals surface area contributed by atoms with E-state index in [1.807, 2.05) is 49.0 Å². The minimum atomic E-state index is 0.0701. The Hall–Kier alpha value is -1.85. The summed E-state index contributed by atoms with van der Waals surface area (Å²) in [6.07, 6.45) is 3.01. The number of hydrogen-bond acceptors (Lipinski definition) is 3. The van der Waals surface area contributed by atoms with E-state index in [0.717, 1.165) is 49.3 Å². The van der Waals surface area contributed by atoms with Crippen LogP contribution in [-0.4, -0.2) is 39.1 Å². The minimum absolute atomic E-state index is 0.0701. The number of aliphatic hydroxyl groups excluding tert-OH is 1. The van der Waals surface area contributed by atoms with Gasteiger partial charge in [-0.05, 0) is 56.8 Å². The Morgan fingerprint density at radius 1 is 1.16 bits per heavy atom. The van der Waals surface area contributed by atoms with E-state index in [9.17, 15) is 9.90 Å². The van der Waals surface area contributed by atoms with Gasteiger partial charge in [0.15, 0.2) is 0 Å². The van der Waals surface area contributed by atoms with Crippen LogP contribution in [0.25, 0.3) is 5.69 Å². The van der Waals surface area contributed by atoms with Gasteiger partial charge in [-0.3, -0.25) is 14.4 Å². The standard InChI is InChI=1S/C20H29N3O2/c1-4-20(15-24)10-12-22(13-11-20)14-18-16(2)21(3)23(19(18)25)17-8-6-5-7-9-17/h5-9,24H,4,10-15H2,1-3H3. The van der Waals surface area contributed by atoms with Crippen molar-refractivity contribution in [2.24, 2.45) is 12.5 Å². The lowest BCUT2D eigenvalue weighted by atomic mass is 9.77. The van der Waals surface area contributed by atoms with Gasteiger partial charge in [-0.2, -0.15) is 0 Å². The zero-order valence-electron chi connectivity index (χ0n) is 15.5. The molecule has 0 saturated carbocycles. The number of piperidine rings is 1. The lowest BCUT2D eigenvalue weighted by molar-refractivity contribution is 0.0381. The molecule has 0 amide bonds. The van der Waals surface area contributed by atoms with Crippen LogP contribution in [0.4, 0.5) is 0 Å². The van der Waals surface area contributed by atoms with Crippen LogP contribution >= 0.6 is 0 Å². The molecule has 3 rings (SSSR count). The third-order valence-electron chi connectivity index (χ3n) is 6.06. The van der Waals surface area contributed by atoms with Crippen molar-refractivity contribution in [2.75, 3.05) is 19.7 Å². The number of hydrogen-bond donors (Lipinski definition) is 1. The predicted octanol–water partition coefficient (Wildman–Crippen LogP) is 2.47. The first kappa shape index (κ1) is 18.0. The predicted molar refractivity (Wildman–Crippen MR) is 100 cm³/mol. The summed E-state index contributed by atoms with van der Waals surface area (Å²) in [7, 11) is 1.94.